The Labute approximate surface area is 97.1 Å². The van der Waals surface area contributed by atoms with Crippen molar-refractivity contribution in [3.63, 3.8) is 0 Å². The van der Waals surface area contributed by atoms with Gasteiger partial charge >= 0.3 is 0 Å². The fourth-order valence-corrected chi connectivity index (χ4v) is 1.57. The van der Waals surface area contributed by atoms with Crippen LogP contribution in [0.5, 0.6) is 0 Å². The van der Waals surface area contributed by atoms with Gasteiger partial charge in [0.15, 0.2) is 5.78 Å². The molecular weight excluding hydrogens is 210 g/mol. The first-order valence-corrected chi connectivity index (χ1v) is 5.54. The molecule has 16 heavy (non-hydrogen) atoms. The van der Waals surface area contributed by atoms with Crippen molar-refractivity contribution in [3.8, 4) is 0 Å². The zero-order chi connectivity index (χ0) is 13.1. The van der Waals surface area contributed by atoms with E-state index in [1.54, 1.807) is 11.8 Å². The number of aliphatic hydroxyl groups is 2. The maximum absolute atomic E-state index is 11.0. The first kappa shape index (κ1) is 17.5. The molecule has 0 bridgehead atoms. The number of hydrogen-bond acceptors (Lipinski definition) is 4. The fourth-order valence-electron chi connectivity index (χ4n) is 1.57. The lowest BCUT2D eigenvalue weighted by molar-refractivity contribution is -0.135. The molecule has 1 aliphatic rings. The Morgan fingerprint density at radius 2 is 1.69 bits per heavy atom. The minimum Gasteiger partial charge on any atom is -0.371 e. The molecule has 1 atom stereocenters. The van der Waals surface area contributed by atoms with E-state index in [0.717, 1.165) is 19.4 Å². The van der Waals surface area contributed by atoms with Gasteiger partial charge in [0.1, 0.15) is 6.79 Å². The van der Waals surface area contributed by atoms with Crippen LogP contribution in [0.4, 0.5) is 0 Å². The molecule has 0 aromatic rings. The van der Waals surface area contributed by atoms with Crippen LogP contribution in [0.3, 0.4) is 0 Å². The summed E-state index contributed by atoms with van der Waals surface area (Å²) in [4.78, 5) is 23.6. The summed E-state index contributed by atoms with van der Waals surface area (Å²) in [5, 5.41) is 14.2. The lowest BCUT2D eigenvalue weighted by atomic mass is 10.1. The van der Waals surface area contributed by atoms with Crippen molar-refractivity contribution in [2.45, 2.75) is 46.6 Å². The second-order valence-electron chi connectivity index (χ2n) is 3.12. The second-order valence-corrected chi connectivity index (χ2v) is 3.12. The second kappa shape index (κ2) is 10.6. The van der Waals surface area contributed by atoms with Gasteiger partial charge in [0, 0.05) is 13.5 Å². The van der Waals surface area contributed by atoms with E-state index in [1.165, 1.54) is 6.92 Å². The quantitative estimate of drug-likeness (QED) is 0.648. The third kappa shape index (κ3) is 6.53. The molecule has 5 heteroatoms. The Bertz CT molecular complexity index is 186. The SMILES string of the molecule is CC.CC(=O)C1CCCN1C(C)=O.OCO. The minimum absolute atomic E-state index is 0.0164. The van der Waals surface area contributed by atoms with Gasteiger partial charge in [-0.05, 0) is 19.8 Å². The van der Waals surface area contributed by atoms with Crippen LogP contribution in [0.2, 0.25) is 0 Å². The van der Waals surface area contributed by atoms with Gasteiger partial charge in [0.2, 0.25) is 5.91 Å². The van der Waals surface area contributed by atoms with Crippen molar-refractivity contribution < 1.29 is 19.8 Å². The van der Waals surface area contributed by atoms with E-state index < -0.39 is 6.79 Å². The van der Waals surface area contributed by atoms with Crippen molar-refractivity contribution in [1.29, 1.82) is 0 Å². The summed E-state index contributed by atoms with van der Waals surface area (Å²) in [5.41, 5.74) is 0. The third-order valence-electron chi connectivity index (χ3n) is 2.13. The Hall–Kier alpha value is -0.940. The molecule has 1 rings (SSSR count). The predicted molar refractivity (Wildman–Crippen MR) is 61.7 cm³/mol. The molecule has 1 aliphatic heterocycles. The van der Waals surface area contributed by atoms with Crippen LogP contribution in [0.25, 0.3) is 0 Å². The molecule has 1 fully saturated rings. The molecular formula is C11H23NO4. The van der Waals surface area contributed by atoms with Crippen LogP contribution in [-0.2, 0) is 9.59 Å². The third-order valence-corrected chi connectivity index (χ3v) is 2.13. The number of rotatable bonds is 1. The summed E-state index contributed by atoms with van der Waals surface area (Å²) in [5.74, 6) is 0.125. The number of carbonyl (C=O) groups is 2. The molecule has 2 N–H and O–H groups in total. The topological polar surface area (TPSA) is 77.8 Å². The highest BCUT2D eigenvalue weighted by atomic mass is 16.5. The number of likely N-dealkylation sites (tertiary alicyclic amines) is 1. The van der Waals surface area contributed by atoms with Crippen molar-refractivity contribution >= 4 is 11.7 Å². The Balaban J connectivity index is 0. The predicted octanol–water partition coefficient (Wildman–Crippen LogP) is 0.541. The van der Waals surface area contributed by atoms with Crippen molar-refractivity contribution in [2.24, 2.45) is 0 Å². The van der Waals surface area contributed by atoms with E-state index in [9.17, 15) is 9.59 Å². The summed E-state index contributed by atoms with van der Waals surface area (Å²) in [6.07, 6.45) is 1.80. The van der Waals surface area contributed by atoms with E-state index >= 15 is 0 Å². The van der Waals surface area contributed by atoms with E-state index in [-0.39, 0.29) is 17.7 Å². The summed E-state index contributed by atoms with van der Waals surface area (Å²) in [7, 11) is 0. The Morgan fingerprint density at radius 1 is 1.25 bits per heavy atom. The largest absolute Gasteiger partial charge is 0.371 e. The Kier molecular flexibility index (Phi) is 11.5. The molecule has 1 saturated heterocycles. The van der Waals surface area contributed by atoms with Crippen molar-refractivity contribution in [2.75, 3.05) is 13.3 Å². The highest BCUT2D eigenvalue weighted by Gasteiger charge is 2.29. The number of nitrogens with zero attached hydrogens (tertiary/aromatic N) is 1. The molecule has 96 valence electrons. The van der Waals surface area contributed by atoms with Crippen LogP contribution in [0.1, 0.15) is 40.5 Å². The number of ketones is 1. The van der Waals surface area contributed by atoms with E-state index in [2.05, 4.69) is 0 Å². The molecule has 1 unspecified atom stereocenters. The lowest BCUT2D eigenvalue weighted by Crippen LogP contribution is -2.37. The molecule has 1 heterocycles. The van der Waals surface area contributed by atoms with E-state index in [1.807, 2.05) is 13.8 Å². The van der Waals surface area contributed by atoms with Crippen molar-refractivity contribution in [1.82, 2.24) is 4.90 Å². The average molecular weight is 233 g/mol. The van der Waals surface area contributed by atoms with E-state index in [4.69, 9.17) is 10.2 Å². The van der Waals surface area contributed by atoms with Gasteiger partial charge < -0.3 is 15.1 Å². The monoisotopic (exact) mass is 233 g/mol. The number of carbonyl (C=O) groups excluding carboxylic acids is 2. The molecule has 1 amide bonds. The molecule has 0 saturated carbocycles. The van der Waals surface area contributed by atoms with Crippen LogP contribution >= 0.6 is 0 Å². The maximum Gasteiger partial charge on any atom is 0.220 e. The number of aliphatic hydroxyl groups excluding tert-OH is 1. The smallest absolute Gasteiger partial charge is 0.220 e. The minimum atomic E-state index is -0.750. The van der Waals surface area contributed by atoms with Crippen LogP contribution in [0.15, 0.2) is 0 Å². The normalized spacial score (nSPS) is 17.9. The highest BCUT2D eigenvalue weighted by Crippen LogP contribution is 2.17. The fraction of sp³-hybridized carbons (Fsp3) is 0.818. The Morgan fingerprint density at radius 3 is 1.94 bits per heavy atom. The van der Waals surface area contributed by atoms with Gasteiger partial charge in [-0.15, -0.1) is 0 Å². The van der Waals surface area contributed by atoms with Gasteiger partial charge in [-0.2, -0.15) is 0 Å². The summed E-state index contributed by atoms with van der Waals surface area (Å²) in [6.45, 7) is 7.06. The van der Waals surface area contributed by atoms with E-state index in [0.29, 0.717) is 0 Å². The summed E-state index contributed by atoms with van der Waals surface area (Å²) < 4.78 is 0. The van der Waals surface area contributed by atoms with Crippen LogP contribution in [0, 0.1) is 0 Å². The summed E-state index contributed by atoms with van der Waals surface area (Å²) in [6, 6.07) is -0.132. The number of Topliss-reactive ketones (excluding diaryl/α,β-unsaturated/α-hetero) is 1. The molecule has 0 aromatic heterocycles. The van der Waals surface area contributed by atoms with Crippen LogP contribution in [-0.4, -0.2) is 46.2 Å². The molecule has 0 radical (unpaired) electrons. The first-order valence-electron chi connectivity index (χ1n) is 5.54. The average Bonchev–Trinajstić information content (AvgIpc) is 2.70. The van der Waals surface area contributed by atoms with Crippen LogP contribution < -0.4 is 0 Å². The zero-order valence-corrected chi connectivity index (χ0v) is 10.6. The number of amides is 1. The summed E-state index contributed by atoms with van der Waals surface area (Å²) >= 11 is 0. The van der Waals surface area contributed by atoms with Gasteiger partial charge in [-0.1, -0.05) is 13.8 Å². The standard InChI is InChI=1S/C8H13NO2.C2H6.CH4O2/c1-6(10)8-4-3-5-9(8)7(2)11;1-2;2-1-3/h8H,3-5H2,1-2H3;1-2H3;2-3H,1H2. The van der Waals surface area contributed by atoms with Crippen molar-refractivity contribution in [3.05, 3.63) is 0 Å². The molecule has 5 nitrogen and oxygen atoms in total. The number of hydrogen-bond donors (Lipinski definition) is 2. The van der Waals surface area contributed by atoms with Gasteiger partial charge in [-0.25, -0.2) is 0 Å². The van der Waals surface area contributed by atoms with Gasteiger partial charge in [0.05, 0.1) is 6.04 Å². The van der Waals surface area contributed by atoms with Gasteiger partial charge in [-0.3, -0.25) is 9.59 Å². The molecule has 0 spiro atoms. The molecule has 0 aliphatic carbocycles. The van der Waals surface area contributed by atoms with Gasteiger partial charge in [0.25, 0.3) is 0 Å². The first-order chi connectivity index (χ1) is 7.54. The highest BCUT2D eigenvalue weighted by molar-refractivity contribution is 5.87. The lowest BCUT2D eigenvalue weighted by Gasteiger charge is -2.20. The molecule has 0 aromatic carbocycles. The zero-order valence-electron chi connectivity index (χ0n) is 10.6. The maximum atomic E-state index is 11.0.